The third-order valence-electron chi connectivity index (χ3n) is 3.00. The molecule has 0 unspecified atom stereocenters. The van der Waals surface area contributed by atoms with Gasteiger partial charge in [0.1, 0.15) is 5.69 Å². The zero-order chi connectivity index (χ0) is 15.9. The number of nitrogens with zero attached hydrogens (tertiary/aromatic N) is 1. The molecule has 0 radical (unpaired) electrons. The summed E-state index contributed by atoms with van der Waals surface area (Å²) in [4.78, 5) is 27.2. The molecule has 0 bridgehead atoms. The summed E-state index contributed by atoms with van der Waals surface area (Å²) in [5.41, 5.74) is 6.99. The molecule has 2 aromatic rings. The molecule has 0 aliphatic rings. The number of benzene rings is 1. The van der Waals surface area contributed by atoms with Gasteiger partial charge in [-0.1, -0.05) is 24.3 Å². The molecule has 22 heavy (non-hydrogen) atoms. The highest BCUT2D eigenvalue weighted by Gasteiger charge is 2.10. The maximum atomic E-state index is 11.7. The average Bonchev–Trinajstić information content (AvgIpc) is 2.93. The molecule has 1 aromatic carbocycles. The van der Waals surface area contributed by atoms with Crippen molar-refractivity contribution in [1.29, 1.82) is 0 Å². The van der Waals surface area contributed by atoms with Crippen LogP contribution >= 0.6 is 11.3 Å². The topological polar surface area (TPSA) is 80.3 Å². The van der Waals surface area contributed by atoms with Gasteiger partial charge in [0.15, 0.2) is 0 Å². The first-order chi connectivity index (χ1) is 10.6. The molecule has 0 saturated heterocycles. The van der Waals surface area contributed by atoms with Crippen LogP contribution in [0.4, 0.5) is 4.79 Å². The first-order valence-electron chi connectivity index (χ1n) is 6.76. The normalized spacial score (nSPS) is 10.1. The van der Waals surface area contributed by atoms with Crippen molar-refractivity contribution in [3.8, 4) is 0 Å². The Morgan fingerprint density at radius 1 is 1.23 bits per heavy atom. The minimum absolute atomic E-state index is 0.238. The number of carbonyl (C=O) groups excluding carboxylic acids is 2. The molecule has 2 amide bonds. The number of ether oxygens (including phenoxy) is 1. The molecule has 0 atom stereocenters. The van der Waals surface area contributed by atoms with Gasteiger partial charge in [0.2, 0.25) is 0 Å². The highest BCUT2D eigenvalue weighted by Crippen LogP contribution is 2.08. The number of hydrogen-bond donors (Lipinski definition) is 2. The van der Waals surface area contributed by atoms with Crippen LogP contribution in [0.15, 0.2) is 29.6 Å². The lowest BCUT2D eigenvalue weighted by Crippen LogP contribution is -2.42. The van der Waals surface area contributed by atoms with E-state index in [4.69, 9.17) is 4.74 Å². The molecule has 7 heteroatoms. The molecule has 0 saturated carbocycles. The van der Waals surface area contributed by atoms with Crippen LogP contribution in [0.25, 0.3) is 0 Å². The fourth-order valence-corrected chi connectivity index (χ4v) is 2.41. The number of aryl methyl sites for hydroxylation is 2. The van der Waals surface area contributed by atoms with Crippen molar-refractivity contribution in [3.63, 3.8) is 0 Å². The minimum Gasteiger partial charge on any atom is -0.448 e. The Hall–Kier alpha value is -2.41. The summed E-state index contributed by atoms with van der Waals surface area (Å²) in [5, 5.41) is 2.40. The van der Waals surface area contributed by atoms with E-state index in [1.807, 2.05) is 31.2 Å². The Bertz CT molecular complexity index is 670. The van der Waals surface area contributed by atoms with Crippen molar-refractivity contribution in [2.45, 2.75) is 20.3 Å². The number of aromatic nitrogens is 1. The van der Waals surface area contributed by atoms with E-state index in [1.165, 1.54) is 11.3 Å². The van der Waals surface area contributed by atoms with Crippen LogP contribution in [-0.4, -0.2) is 23.6 Å². The second kappa shape index (κ2) is 7.56. The van der Waals surface area contributed by atoms with E-state index in [0.717, 1.165) is 16.1 Å². The largest absolute Gasteiger partial charge is 0.448 e. The van der Waals surface area contributed by atoms with Gasteiger partial charge in [0, 0.05) is 11.8 Å². The van der Waals surface area contributed by atoms with Crippen LogP contribution in [0.2, 0.25) is 0 Å². The second-order valence-corrected chi connectivity index (χ2v) is 5.71. The van der Waals surface area contributed by atoms with Gasteiger partial charge in [-0.25, -0.2) is 15.2 Å². The molecule has 2 N–H and O–H groups in total. The molecule has 2 rings (SSSR count). The van der Waals surface area contributed by atoms with Gasteiger partial charge < -0.3 is 4.74 Å². The predicted octanol–water partition coefficient (Wildman–Crippen LogP) is 2.37. The summed E-state index contributed by atoms with van der Waals surface area (Å²) in [6.07, 6.45) is -0.0758. The van der Waals surface area contributed by atoms with Crippen molar-refractivity contribution < 1.29 is 14.3 Å². The third kappa shape index (κ3) is 4.56. The van der Waals surface area contributed by atoms with E-state index in [1.54, 1.807) is 12.3 Å². The highest BCUT2D eigenvalue weighted by molar-refractivity contribution is 7.09. The number of hydrogen-bond acceptors (Lipinski definition) is 5. The van der Waals surface area contributed by atoms with Crippen LogP contribution < -0.4 is 10.9 Å². The first-order valence-corrected chi connectivity index (χ1v) is 7.64. The predicted molar refractivity (Wildman–Crippen MR) is 83.7 cm³/mol. The molecule has 0 aliphatic carbocycles. The molecular formula is C15H17N3O3S. The Morgan fingerprint density at radius 3 is 2.68 bits per heavy atom. The molecule has 116 valence electrons. The maximum Gasteiger partial charge on any atom is 0.426 e. The summed E-state index contributed by atoms with van der Waals surface area (Å²) >= 11 is 1.36. The summed E-state index contributed by atoms with van der Waals surface area (Å²) in [7, 11) is 0. The monoisotopic (exact) mass is 319 g/mol. The van der Waals surface area contributed by atoms with E-state index in [0.29, 0.717) is 6.42 Å². The molecule has 6 nitrogen and oxygen atoms in total. The van der Waals surface area contributed by atoms with Crippen molar-refractivity contribution in [2.75, 3.05) is 6.61 Å². The van der Waals surface area contributed by atoms with Gasteiger partial charge in [0.25, 0.3) is 5.91 Å². The highest BCUT2D eigenvalue weighted by atomic mass is 32.1. The lowest BCUT2D eigenvalue weighted by molar-refractivity contribution is 0.0906. The van der Waals surface area contributed by atoms with Gasteiger partial charge in [-0.3, -0.25) is 10.2 Å². The Balaban J connectivity index is 1.70. The van der Waals surface area contributed by atoms with E-state index in [2.05, 4.69) is 15.8 Å². The van der Waals surface area contributed by atoms with E-state index in [9.17, 15) is 9.59 Å². The lowest BCUT2D eigenvalue weighted by atomic mass is 10.1. The number of nitrogens with one attached hydrogen (secondary N) is 2. The fraction of sp³-hybridized carbons (Fsp3) is 0.267. The summed E-state index contributed by atoms with van der Waals surface area (Å²) in [6.45, 7) is 4.04. The first kappa shape index (κ1) is 16.0. The van der Waals surface area contributed by atoms with Crippen LogP contribution in [0, 0.1) is 13.8 Å². The molecular weight excluding hydrogens is 302 g/mol. The summed E-state index contributed by atoms with van der Waals surface area (Å²) in [6, 6.07) is 7.90. The Morgan fingerprint density at radius 2 is 2.00 bits per heavy atom. The van der Waals surface area contributed by atoms with Crippen LogP contribution in [0.5, 0.6) is 0 Å². The molecule has 0 aliphatic heterocycles. The van der Waals surface area contributed by atoms with Crippen LogP contribution in [0.1, 0.15) is 26.6 Å². The molecule has 1 heterocycles. The van der Waals surface area contributed by atoms with Crippen molar-refractivity contribution >= 4 is 23.3 Å². The summed E-state index contributed by atoms with van der Waals surface area (Å²) < 4.78 is 5.01. The standard InChI is InChI=1S/C15H17N3O3S/c1-10-5-3-4-6-12(10)7-8-21-15(20)18-17-14(19)13-9-22-11(2)16-13/h3-6,9H,7-8H2,1-2H3,(H,17,19)(H,18,20). The Kier molecular flexibility index (Phi) is 5.48. The van der Waals surface area contributed by atoms with E-state index < -0.39 is 12.0 Å². The maximum absolute atomic E-state index is 11.7. The number of rotatable bonds is 4. The third-order valence-corrected chi connectivity index (χ3v) is 3.77. The number of amides is 2. The van der Waals surface area contributed by atoms with E-state index in [-0.39, 0.29) is 12.3 Å². The van der Waals surface area contributed by atoms with Crippen molar-refractivity contribution in [2.24, 2.45) is 0 Å². The number of thiazole rings is 1. The van der Waals surface area contributed by atoms with Crippen LogP contribution in [-0.2, 0) is 11.2 Å². The fourth-order valence-electron chi connectivity index (χ4n) is 1.82. The zero-order valence-corrected chi connectivity index (χ0v) is 13.2. The van der Waals surface area contributed by atoms with Gasteiger partial charge in [-0.05, 0) is 25.0 Å². The van der Waals surface area contributed by atoms with Crippen molar-refractivity contribution in [1.82, 2.24) is 15.8 Å². The van der Waals surface area contributed by atoms with Gasteiger partial charge in [-0.2, -0.15) is 0 Å². The quantitative estimate of drug-likeness (QED) is 0.848. The average molecular weight is 319 g/mol. The zero-order valence-electron chi connectivity index (χ0n) is 12.4. The summed E-state index contributed by atoms with van der Waals surface area (Å²) in [5.74, 6) is -0.472. The van der Waals surface area contributed by atoms with E-state index >= 15 is 0 Å². The van der Waals surface area contributed by atoms with Crippen molar-refractivity contribution in [3.05, 3.63) is 51.5 Å². The van der Waals surface area contributed by atoms with Crippen LogP contribution in [0.3, 0.4) is 0 Å². The van der Waals surface area contributed by atoms with Gasteiger partial charge in [0.05, 0.1) is 11.6 Å². The second-order valence-electron chi connectivity index (χ2n) is 4.64. The lowest BCUT2D eigenvalue weighted by Gasteiger charge is -2.08. The molecule has 1 aromatic heterocycles. The minimum atomic E-state index is -0.700. The van der Waals surface area contributed by atoms with Gasteiger partial charge >= 0.3 is 6.09 Å². The van der Waals surface area contributed by atoms with Gasteiger partial charge in [-0.15, -0.1) is 11.3 Å². The SMILES string of the molecule is Cc1nc(C(=O)NNC(=O)OCCc2ccccc2C)cs1. The Labute approximate surface area is 132 Å². The number of carbonyl (C=O) groups is 2. The molecule has 0 spiro atoms. The number of hydrazine groups is 1. The smallest absolute Gasteiger partial charge is 0.426 e. The molecule has 0 fully saturated rings.